The van der Waals surface area contributed by atoms with E-state index in [0.29, 0.717) is 0 Å². The Bertz CT molecular complexity index is 914. The second-order valence-corrected chi connectivity index (χ2v) is 7.68. The second kappa shape index (κ2) is 7.67. The molecule has 0 spiro atoms. The molecule has 4 heteroatoms. The minimum absolute atomic E-state index is 0.215. The van der Waals surface area contributed by atoms with Crippen LogP contribution >= 0.6 is 0 Å². The maximum Gasteiger partial charge on any atom is 0.0972 e. The maximum atomic E-state index is 10.0. The van der Waals surface area contributed by atoms with Gasteiger partial charge in [0.1, 0.15) is 0 Å². The van der Waals surface area contributed by atoms with Gasteiger partial charge < -0.3 is 5.11 Å². The number of aryl methyl sites for hydroxylation is 2. The lowest BCUT2D eigenvalue weighted by molar-refractivity contribution is 0.0669. The minimum Gasteiger partial charge on any atom is -0.392 e. The molecule has 1 saturated heterocycles. The second-order valence-electron chi connectivity index (χ2n) is 7.68. The maximum absolute atomic E-state index is 10.0. The number of aliphatic hydroxyl groups excluding tert-OH is 1. The molecular formula is C23H27N3O. The van der Waals surface area contributed by atoms with Crippen molar-refractivity contribution >= 4 is 0 Å². The Hall–Kier alpha value is -2.43. The normalized spacial score (nSPS) is 18.0. The van der Waals surface area contributed by atoms with E-state index in [1.165, 1.54) is 16.7 Å². The molecule has 1 aliphatic rings. The zero-order chi connectivity index (χ0) is 18.8. The summed E-state index contributed by atoms with van der Waals surface area (Å²) in [5.41, 5.74) is 6.92. The van der Waals surface area contributed by atoms with Crippen molar-refractivity contribution in [3.05, 3.63) is 71.4 Å². The highest BCUT2D eigenvalue weighted by Crippen LogP contribution is 2.27. The molecule has 0 unspecified atom stereocenters. The van der Waals surface area contributed by atoms with Crippen LogP contribution in [0.15, 0.2) is 54.7 Å². The van der Waals surface area contributed by atoms with Gasteiger partial charge in [-0.3, -0.25) is 4.90 Å². The minimum atomic E-state index is -0.215. The summed E-state index contributed by atoms with van der Waals surface area (Å²) in [6.07, 6.45) is 3.88. The molecule has 4 nitrogen and oxygen atoms in total. The number of hydrogen-bond acceptors (Lipinski definition) is 3. The van der Waals surface area contributed by atoms with Gasteiger partial charge in [-0.1, -0.05) is 41.5 Å². The van der Waals surface area contributed by atoms with Gasteiger partial charge in [0.05, 0.1) is 17.5 Å². The number of β-amino-alcohol motifs (C(OH)–C–C–N with tert-alkyl or cyclic N) is 1. The molecule has 0 saturated carbocycles. The lowest BCUT2D eigenvalue weighted by atomic mass is 10.0. The van der Waals surface area contributed by atoms with Crippen LogP contribution in [0, 0.1) is 13.8 Å². The fourth-order valence-corrected chi connectivity index (χ4v) is 3.81. The van der Waals surface area contributed by atoms with Gasteiger partial charge >= 0.3 is 0 Å². The fraction of sp³-hybridized carbons (Fsp3) is 0.348. The average molecular weight is 361 g/mol. The molecule has 0 radical (unpaired) electrons. The number of aromatic nitrogens is 2. The number of nitrogens with zero attached hydrogens (tertiary/aromatic N) is 3. The molecule has 0 amide bonds. The highest BCUT2D eigenvalue weighted by molar-refractivity contribution is 5.64. The van der Waals surface area contributed by atoms with Crippen molar-refractivity contribution in [2.24, 2.45) is 0 Å². The Morgan fingerprint density at radius 2 is 1.89 bits per heavy atom. The quantitative estimate of drug-likeness (QED) is 0.760. The van der Waals surface area contributed by atoms with E-state index in [1.807, 2.05) is 4.68 Å². The third-order valence-corrected chi connectivity index (χ3v) is 5.25. The largest absolute Gasteiger partial charge is 0.392 e. The van der Waals surface area contributed by atoms with Crippen molar-refractivity contribution in [1.82, 2.24) is 14.7 Å². The van der Waals surface area contributed by atoms with Crippen LogP contribution in [0.5, 0.6) is 0 Å². The summed E-state index contributed by atoms with van der Waals surface area (Å²) in [5.74, 6) is 0. The van der Waals surface area contributed by atoms with Gasteiger partial charge in [-0.25, -0.2) is 4.68 Å². The average Bonchev–Trinajstić information content (AvgIpc) is 3.06. The summed E-state index contributed by atoms with van der Waals surface area (Å²) < 4.78 is 1.98. The standard InChI is InChI=1S/C23H27N3O/c1-17-8-10-21(11-9-17)26-15-20(14-25-12-4-7-22(27)16-25)23(24-26)19-6-3-5-18(2)13-19/h3,5-6,8-11,13,15,22,27H,4,7,12,14,16H2,1-2H3/t22-/m1/s1. The van der Waals surface area contributed by atoms with Gasteiger partial charge in [-0.2, -0.15) is 5.10 Å². The highest BCUT2D eigenvalue weighted by atomic mass is 16.3. The molecule has 4 rings (SSSR count). The zero-order valence-electron chi connectivity index (χ0n) is 16.1. The van der Waals surface area contributed by atoms with Gasteiger partial charge in [0.2, 0.25) is 0 Å². The molecule has 3 aromatic rings. The van der Waals surface area contributed by atoms with E-state index in [1.54, 1.807) is 0 Å². The Balaban J connectivity index is 1.71. The smallest absolute Gasteiger partial charge is 0.0972 e. The van der Waals surface area contributed by atoms with Crippen molar-refractivity contribution in [2.45, 2.75) is 39.3 Å². The van der Waals surface area contributed by atoms with E-state index >= 15 is 0 Å². The zero-order valence-corrected chi connectivity index (χ0v) is 16.1. The molecule has 1 atom stereocenters. The van der Waals surface area contributed by atoms with Crippen molar-refractivity contribution in [3.8, 4) is 16.9 Å². The van der Waals surface area contributed by atoms with E-state index < -0.39 is 0 Å². The summed E-state index contributed by atoms with van der Waals surface area (Å²) in [7, 11) is 0. The fourth-order valence-electron chi connectivity index (χ4n) is 3.81. The molecular weight excluding hydrogens is 334 g/mol. The van der Waals surface area contributed by atoms with Crippen LogP contribution in [-0.2, 0) is 6.54 Å². The monoisotopic (exact) mass is 361 g/mol. The summed E-state index contributed by atoms with van der Waals surface area (Å²) in [6.45, 7) is 6.79. The van der Waals surface area contributed by atoms with Crippen LogP contribution in [0.3, 0.4) is 0 Å². The summed E-state index contributed by atoms with van der Waals surface area (Å²) >= 11 is 0. The molecule has 0 aliphatic carbocycles. The van der Waals surface area contributed by atoms with Gasteiger partial charge in [-0.05, 0) is 51.4 Å². The molecule has 27 heavy (non-hydrogen) atoms. The van der Waals surface area contributed by atoms with Gasteiger partial charge in [-0.15, -0.1) is 0 Å². The molecule has 1 N–H and O–H groups in total. The number of aliphatic hydroxyl groups is 1. The van der Waals surface area contributed by atoms with Crippen LogP contribution in [0.1, 0.15) is 29.5 Å². The molecule has 1 aliphatic heterocycles. The first-order valence-electron chi connectivity index (χ1n) is 9.71. The molecule has 140 valence electrons. The van der Waals surface area contributed by atoms with Gasteiger partial charge in [0.15, 0.2) is 0 Å². The number of benzene rings is 2. The molecule has 1 aromatic heterocycles. The van der Waals surface area contributed by atoms with Gasteiger partial charge in [0.25, 0.3) is 0 Å². The van der Waals surface area contributed by atoms with E-state index in [-0.39, 0.29) is 6.10 Å². The number of likely N-dealkylation sites (tertiary alicyclic amines) is 1. The van der Waals surface area contributed by atoms with E-state index in [9.17, 15) is 5.11 Å². The third-order valence-electron chi connectivity index (χ3n) is 5.25. The highest BCUT2D eigenvalue weighted by Gasteiger charge is 2.21. The first kappa shape index (κ1) is 18.0. The number of hydrogen-bond donors (Lipinski definition) is 1. The van der Waals surface area contributed by atoms with Gasteiger partial charge in [0, 0.05) is 30.4 Å². The van der Waals surface area contributed by atoms with E-state index in [2.05, 4.69) is 73.5 Å². The van der Waals surface area contributed by atoms with E-state index in [0.717, 1.165) is 49.4 Å². The van der Waals surface area contributed by atoms with Crippen molar-refractivity contribution < 1.29 is 5.11 Å². The third kappa shape index (κ3) is 4.12. The molecule has 0 bridgehead atoms. The Morgan fingerprint density at radius 1 is 1.07 bits per heavy atom. The summed E-state index contributed by atoms with van der Waals surface area (Å²) in [4.78, 5) is 2.34. The topological polar surface area (TPSA) is 41.3 Å². The Kier molecular flexibility index (Phi) is 5.10. The first-order chi connectivity index (χ1) is 13.1. The summed E-state index contributed by atoms with van der Waals surface area (Å²) in [5, 5.41) is 15.0. The first-order valence-corrected chi connectivity index (χ1v) is 9.71. The summed E-state index contributed by atoms with van der Waals surface area (Å²) in [6, 6.07) is 17.0. The predicted molar refractivity (Wildman–Crippen MR) is 109 cm³/mol. The van der Waals surface area contributed by atoms with Crippen LogP contribution < -0.4 is 0 Å². The molecule has 2 aromatic carbocycles. The van der Waals surface area contributed by atoms with Crippen LogP contribution in [0.2, 0.25) is 0 Å². The lowest BCUT2D eigenvalue weighted by Crippen LogP contribution is -2.37. The van der Waals surface area contributed by atoms with E-state index in [4.69, 9.17) is 5.10 Å². The van der Waals surface area contributed by atoms with Crippen LogP contribution in [-0.4, -0.2) is 39.0 Å². The Morgan fingerprint density at radius 3 is 2.63 bits per heavy atom. The SMILES string of the molecule is Cc1ccc(-n2cc(CN3CCC[C@@H](O)C3)c(-c3cccc(C)c3)n2)cc1. The molecule has 1 fully saturated rings. The predicted octanol–water partition coefficient (Wildman–Crippen LogP) is 4.11. The lowest BCUT2D eigenvalue weighted by Gasteiger charge is -2.29. The van der Waals surface area contributed by atoms with Crippen molar-refractivity contribution in [1.29, 1.82) is 0 Å². The number of rotatable bonds is 4. The molecule has 2 heterocycles. The number of piperidine rings is 1. The Labute approximate surface area is 161 Å². The van der Waals surface area contributed by atoms with Crippen molar-refractivity contribution in [2.75, 3.05) is 13.1 Å². The van der Waals surface area contributed by atoms with Crippen LogP contribution in [0.25, 0.3) is 16.9 Å². The van der Waals surface area contributed by atoms with Crippen LogP contribution in [0.4, 0.5) is 0 Å². The van der Waals surface area contributed by atoms with Crippen molar-refractivity contribution in [3.63, 3.8) is 0 Å².